The number of imidazole rings is 1. The molecule has 3 heterocycles. The molecule has 0 bridgehead atoms. The van der Waals surface area contributed by atoms with E-state index in [2.05, 4.69) is 32.8 Å². The summed E-state index contributed by atoms with van der Waals surface area (Å²) in [7, 11) is 0. The first-order chi connectivity index (χ1) is 12.9. The van der Waals surface area contributed by atoms with Crippen molar-refractivity contribution in [1.82, 2.24) is 24.7 Å². The summed E-state index contributed by atoms with van der Waals surface area (Å²) < 4.78 is 2.27. The first-order valence-corrected chi connectivity index (χ1v) is 10.0. The quantitative estimate of drug-likeness (QED) is 0.358. The van der Waals surface area contributed by atoms with Crippen molar-refractivity contribution in [2.45, 2.75) is 58.7 Å². The van der Waals surface area contributed by atoms with Crippen LogP contribution in [0.25, 0.3) is 0 Å². The number of guanidine groups is 1. The molecular weight excluding hydrogens is 469 g/mol. The van der Waals surface area contributed by atoms with Crippen LogP contribution in [-0.2, 0) is 24.3 Å². The van der Waals surface area contributed by atoms with Crippen LogP contribution in [0.1, 0.15) is 45.1 Å². The van der Waals surface area contributed by atoms with Crippen molar-refractivity contribution in [3.63, 3.8) is 0 Å². The number of nitrogens with one attached hydrogen (secondary N) is 1. The maximum Gasteiger partial charge on any atom is 0.237 e. The Morgan fingerprint density at radius 2 is 1.96 bits per heavy atom. The van der Waals surface area contributed by atoms with E-state index in [1.54, 1.807) is 0 Å². The van der Waals surface area contributed by atoms with E-state index in [9.17, 15) is 4.79 Å². The average Bonchev–Trinajstić information content (AvgIpc) is 3.08. The average molecular weight is 503 g/mol. The van der Waals surface area contributed by atoms with E-state index in [0.717, 1.165) is 57.3 Å². The molecule has 0 unspecified atom stereocenters. The zero-order valence-electron chi connectivity index (χ0n) is 17.3. The fourth-order valence-electron chi connectivity index (χ4n) is 3.76. The summed E-state index contributed by atoms with van der Waals surface area (Å²) in [5.74, 6) is 1.83. The molecule has 1 fully saturated rings. The van der Waals surface area contributed by atoms with Gasteiger partial charge in [0.15, 0.2) is 5.96 Å². The van der Waals surface area contributed by atoms with Crippen LogP contribution in [0.3, 0.4) is 0 Å². The zero-order chi connectivity index (χ0) is 19.4. The van der Waals surface area contributed by atoms with E-state index in [1.807, 2.05) is 13.8 Å². The molecule has 0 atom stereocenters. The Hall–Kier alpha value is -1.36. The highest BCUT2D eigenvalue weighted by Crippen LogP contribution is 2.17. The second-order valence-electron chi connectivity index (χ2n) is 7.87. The van der Waals surface area contributed by atoms with Crippen LogP contribution in [0.5, 0.6) is 0 Å². The minimum atomic E-state index is -0.614. The Morgan fingerprint density at radius 3 is 2.57 bits per heavy atom. The number of aliphatic imine (C=N–C) groups is 1. The van der Waals surface area contributed by atoms with Crippen LogP contribution < -0.4 is 11.1 Å². The van der Waals surface area contributed by atoms with Crippen molar-refractivity contribution in [3.05, 3.63) is 17.7 Å². The number of nitrogens with two attached hydrogens (primary N) is 1. The van der Waals surface area contributed by atoms with Gasteiger partial charge in [-0.15, -0.1) is 24.0 Å². The van der Waals surface area contributed by atoms with Crippen molar-refractivity contribution in [3.8, 4) is 0 Å². The molecule has 0 saturated carbocycles. The highest BCUT2D eigenvalue weighted by atomic mass is 127. The molecule has 1 amide bonds. The lowest BCUT2D eigenvalue weighted by Gasteiger charge is -2.43. The lowest BCUT2D eigenvalue weighted by Crippen LogP contribution is -2.61. The Kier molecular flexibility index (Phi) is 8.11. The minimum absolute atomic E-state index is 0. The number of piperazine rings is 1. The highest BCUT2D eigenvalue weighted by molar-refractivity contribution is 14.0. The molecule has 3 rings (SSSR count). The molecule has 2 aliphatic heterocycles. The van der Waals surface area contributed by atoms with Gasteiger partial charge < -0.3 is 20.5 Å². The number of hydrogen-bond acceptors (Lipinski definition) is 4. The molecule has 0 aromatic carbocycles. The third kappa shape index (κ3) is 5.16. The van der Waals surface area contributed by atoms with Crippen LogP contribution in [-0.4, -0.2) is 69.5 Å². The van der Waals surface area contributed by atoms with Crippen LogP contribution >= 0.6 is 24.0 Å². The smallest absolute Gasteiger partial charge is 0.237 e. The van der Waals surface area contributed by atoms with Crippen molar-refractivity contribution in [2.24, 2.45) is 10.7 Å². The fourth-order valence-corrected chi connectivity index (χ4v) is 3.76. The number of rotatable bonds is 5. The van der Waals surface area contributed by atoms with Gasteiger partial charge in [0.05, 0.1) is 17.8 Å². The summed E-state index contributed by atoms with van der Waals surface area (Å²) in [6, 6.07) is 0. The number of fused-ring (bicyclic) bond motifs is 1. The number of hydrogen-bond donors (Lipinski definition) is 2. The second kappa shape index (κ2) is 9.91. The standard InChI is InChI=1S/C19H33N7O.HI/c1-4-21-18(22-13-15-14-25-8-6-5-7-16(25)23-15)24-9-11-26(12-10-24)19(2,3)17(20)27;/h14H,4-13H2,1-3H3,(H2,20,27)(H,21,22);1H. The van der Waals surface area contributed by atoms with Gasteiger partial charge in [0.2, 0.25) is 5.91 Å². The fraction of sp³-hybridized carbons (Fsp3) is 0.737. The normalized spacial score (nSPS) is 18.4. The van der Waals surface area contributed by atoms with E-state index < -0.39 is 5.54 Å². The first kappa shape index (κ1) is 22.9. The van der Waals surface area contributed by atoms with Crippen molar-refractivity contribution in [2.75, 3.05) is 32.7 Å². The first-order valence-electron chi connectivity index (χ1n) is 10.0. The molecular formula is C19H34IN7O. The van der Waals surface area contributed by atoms with E-state index in [-0.39, 0.29) is 29.9 Å². The van der Waals surface area contributed by atoms with Gasteiger partial charge in [-0.3, -0.25) is 9.69 Å². The molecule has 0 aliphatic carbocycles. The lowest BCUT2D eigenvalue weighted by molar-refractivity contribution is -0.129. The number of aromatic nitrogens is 2. The summed E-state index contributed by atoms with van der Waals surface area (Å²) in [5, 5.41) is 3.39. The molecule has 1 aromatic heterocycles. The van der Waals surface area contributed by atoms with Crippen LogP contribution in [0, 0.1) is 0 Å². The summed E-state index contributed by atoms with van der Waals surface area (Å²) in [4.78, 5) is 25.7. The largest absolute Gasteiger partial charge is 0.368 e. The van der Waals surface area contributed by atoms with E-state index in [1.165, 1.54) is 18.7 Å². The zero-order valence-corrected chi connectivity index (χ0v) is 19.6. The molecule has 1 saturated heterocycles. The topological polar surface area (TPSA) is 91.8 Å². The number of aryl methyl sites for hydroxylation is 2. The Bertz CT molecular complexity index is 669. The van der Waals surface area contributed by atoms with Crippen LogP contribution in [0.4, 0.5) is 0 Å². The SMILES string of the molecule is CCNC(=NCc1cn2c(n1)CCCC2)N1CCN(C(C)(C)C(N)=O)CC1.I. The summed E-state index contributed by atoms with van der Waals surface area (Å²) >= 11 is 0. The monoisotopic (exact) mass is 503 g/mol. The van der Waals surface area contributed by atoms with E-state index in [0.29, 0.717) is 6.54 Å². The number of carbonyl (C=O) groups is 1. The molecule has 158 valence electrons. The Labute approximate surface area is 185 Å². The lowest BCUT2D eigenvalue weighted by atomic mass is 10.0. The highest BCUT2D eigenvalue weighted by Gasteiger charge is 2.35. The van der Waals surface area contributed by atoms with Crippen LogP contribution in [0.2, 0.25) is 0 Å². The molecule has 3 N–H and O–H groups in total. The van der Waals surface area contributed by atoms with Crippen LogP contribution in [0.15, 0.2) is 11.2 Å². The summed E-state index contributed by atoms with van der Waals surface area (Å²) in [6.07, 6.45) is 5.69. The number of nitrogens with zero attached hydrogens (tertiary/aromatic N) is 5. The number of primary amides is 1. The number of halogens is 1. The number of amides is 1. The summed E-state index contributed by atoms with van der Waals surface area (Å²) in [6.45, 7) is 11.6. The minimum Gasteiger partial charge on any atom is -0.368 e. The Morgan fingerprint density at radius 1 is 1.25 bits per heavy atom. The molecule has 28 heavy (non-hydrogen) atoms. The maximum atomic E-state index is 11.7. The predicted molar refractivity (Wildman–Crippen MR) is 122 cm³/mol. The molecule has 1 aromatic rings. The summed E-state index contributed by atoms with van der Waals surface area (Å²) in [5.41, 5.74) is 5.98. The van der Waals surface area contributed by atoms with Gasteiger partial charge in [0, 0.05) is 51.9 Å². The van der Waals surface area contributed by atoms with Crippen molar-refractivity contribution in [1.29, 1.82) is 0 Å². The van der Waals surface area contributed by atoms with Gasteiger partial charge in [-0.1, -0.05) is 0 Å². The molecule has 8 nitrogen and oxygen atoms in total. The van der Waals surface area contributed by atoms with E-state index in [4.69, 9.17) is 15.7 Å². The molecule has 2 aliphatic rings. The van der Waals surface area contributed by atoms with Gasteiger partial charge in [-0.2, -0.15) is 0 Å². The molecule has 9 heteroatoms. The van der Waals surface area contributed by atoms with Crippen molar-refractivity contribution >= 4 is 35.8 Å². The van der Waals surface area contributed by atoms with Gasteiger partial charge in [0.1, 0.15) is 5.82 Å². The van der Waals surface area contributed by atoms with Gasteiger partial charge in [-0.05, 0) is 33.6 Å². The van der Waals surface area contributed by atoms with Crippen molar-refractivity contribution < 1.29 is 4.79 Å². The second-order valence-corrected chi connectivity index (χ2v) is 7.87. The number of carbonyl (C=O) groups excluding carboxylic acids is 1. The third-order valence-electron chi connectivity index (χ3n) is 5.66. The van der Waals surface area contributed by atoms with E-state index >= 15 is 0 Å². The van der Waals surface area contributed by atoms with Gasteiger partial charge in [0.25, 0.3) is 0 Å². The third-order valence-corrected chi connectivity index (χ3v) is 5.66. The van der Waals surface area contributed by atoms with Gasteiger partial charge in [-0.25, -0.2) is 9.98 Å². The Balaban J connectivity index is 0.00000280. The molecule has 0 spiro atoms. The maximum absolute atomic E-state index is 11.7. The predicted octanol–water partition coefficient (Wildman–Crippen LogP) is 1.18. The van der Waals surface area contributed by atoms with Gasteiger partial charge >= 0.3 is 0 Å². The molecule has 0 radical (unpaired) electrons.